The lowest BCUT2D eigenvalue weighted by atomic mass is 10.1. The van der Waals surface area contributed by atoms with E-state index in [4.69, 9.17) is 18.9 Å². The molecule has 0 saturated heterocycles. The summed E-state index contributed by atoms with van der Waals surface area (Å²) in [7, 11) is 4.65. The van der Waals surface area contributed by atoms with Gasteiger partial charge >= 0.3 is 5.97 Å². The van der Waals surface area contributed by atoms with Gasteiger partial charge in [-0.1, -0.05) is 0 Å². The van der Waals surface area contributed by atoms with Crippen molar-refractivity contribution in [2.45, 2.75) is 19.4 Å². The van der Waals surface area contributed by atoms with Gasteiger partial charge in [-0.05, 0) is 42.3 Å². The van der Waals surface area contributed by atoms with Gasteiger partial charge in [-0.15, -0.1) is 0 Å². The first-order valence-electron chi connectivity index (χ1n) is 8.44. The predicted molar refractivity (Wildman–Crippen MR) is 98.6 cm³/mol. The van der Waals surface area contributed by atoms with Crippen LogP contribution >= 0.6 is 0 Å². The van der Waals surface area contributed by atoms with Crippen LogP contribution < -0.4 is 19.5 Å². The summed E-state index contributed by atoms with van der Waals surface area (Å²) in [6, 6.07) is 8.78. The number of benzene rings is 2. The van der Waals surface area contributed by atoms with Crippen molar-refractivity contribution in [1.82, 2.24) is 0 Å². The largest absolute Gasteiger partial charge is 0.493 e. The molecular formula is C20H21NO6. The summed E-state index contributed by atoms with van der Waals surface area (Å²) in [4.78, 5) is 23.8. The standard InChI is InChI=1S/C20H21NO6/c1-24-16-8-12(9-17(25-2)19(16)26-3)4-7-18(22)21-14-5-6-15-13(10-14)11-27-20(15)23/h5-6,8-10H,4,7,11H2,1-3H3,(H,21,22). The van der Waals surface area contributed by atoms with Gasteiger partial charge in [-0.2, -0.15) is 0 Å². The molecule has 0 bridgehead atoms. The van der Waals surface area contributed by atoms with Crippen molar-refractivity contribution in [1.29, 1.82) is 0 Å². The Morgan fingerprint density at radius 3 is 2.41 bits per heavy atom. The first-order valence-corrected chi connectivity index (χ1v) is 8.44. The normalized spacial score (nSPS) is 12.2. The summed E-state index contributed by atoms with van der Waals surface area (Å²) in [5.74, 6) is 1.16. The molecule has 27 heavy (non-hydrogen) atoms. The maximum Gasteiger partial charge on any atom is 0.338 e. The predicted octanol–water partition coefficient (Wildman–Crippen LogP) is 2.95. The molecule has 1 N–H and O–H groups in total. The molecule has 0 aliphatic carbocycles. The average Bonchev–Trinajstić information content (AvgIpc) is 3.05. The molecule has 1 aliphatic rings. The van der Waals surface area contributed by atoms with Crippen LogP contribution in [-0.4, -0.2) is 33.2 Å². The van der Waals surface area contributed by atoms with E-state index in [1.54, 1.807) is 39.5 Å². The summed E-state index contributed by atoms with van der Waals surface area (Å²) in [5, 5.41) is 2.84. The van der Waals surface area contributed by atoms with Crippen LogP contribution in [0.4, 0.5) is 5.69 Å². The summed E-state index contributed by atoms with van der Waals surface area (Å²) >= 11 is 0. The lowest BCUT2D eigenvalue weighted by molar-refractivity contribution is -0.116. The van der Waals surface area contributed by atoms with E-state index in [0.29, 0.717) is 34.9 Å². The smallest absolute Gasteiger partial charge is 0.338 e. The number of ether oxygens (including phenoxy) is 4. The van der Waals surface area contributed by atoms with Gasteiger partial charge in [-0.25, -0.2) is 4.79 Å². The van der Waals surface area contributed by atoms with Gasteiger partial charge in [0.15, 0.2) is 11.5 Å². The summed E-state index contributed by atoms with van der Waals surface area (Å²) in [5.41, 5.74) is 2.86. The zero-order chi connectivity index (χ0) is 19.4. The number of cyclic esters (lactones) is 1. The van der Waals surface area contributed by atoms with E-state index in [-0.39, 0.29) is 24.9 Å². The Bertz CT molecular complexity index is 852. The number of amides is 1. The third-order valence-corrected chi connectivity index (χ3v) is 4.33. The van der Waals surface area contributed by atoms with E-state index in [0.717, 1.165) is 11.1 Å². The SMILES string of the molecule is COc1cc(CCC(=O)Nc2ccc3c(c2)COC3=O)cc(OC)c1OC. The molecule has 0 unspecified atom stereocenters. The highest BCUT2D eigenvalue weighted by Crippen LogP contribution is 2.38. The number of rotatable bonds is 7. The van der Waals surface area contributed by atoms with Crippen molar-refractivity contribution >= 4 is 17.6 Å². The van der Waals surface area contributed by atoms with Gasteiger partial charge in [0.1, 0.15) is 6.61 Å². The molecule has 2 aromatic carbocycles. The zero-order valence-electron chi connectivity index (χ0n) is 15.5. The van der Waals surface area contributed by atoms with Crippen LogP contribution in [0.1, 0.15) is 27.9 Å². The molecule has 0 radical (unpaired) electrons. The molecule has 142 valence electrons. The van der Waals surface area contributed by atoms with Gasteiger partial charge in [0.25, 0.3) is 0 Å². The first-order chi connectivity index (χ1) is 13.0. The van der Waals surface area contributed by atoms with Crippen LogP contribution in [0.2, 0.25) is 0 Å². The number of methoxy groups -OCH3 is 3. The maximum atomic E-state index is 12.3. The molecule has 2 aromatic rings. The Labute approximate surface area is 157 Å². The molecule has 0 fully saturated rings. The van der Waals surface area contributed by atoms with Gasteiger partial charge in [0, 0.05) is 17.7 Å². The quantitative estimate of drug-likeness (QED) is 0.754. The van der Waals surface area contributed by atoms with Gasteiger partial charge in [0.2, 0.25) is 11.7 Å². The Hall–Kier alpha value is -3.22. The number of carbonyl (C=O) groups excluding carboxylic acids is 2. The van der Waals surface area contributed by atoms with Crippen LogP contribution in [0.15, 0.2) is 30.3 Å². The number of hydrogen-bond acceptors (Lipinski definition) is 6. The molecule has 0 atom stereocenters. The second-order valence-electron chi connectivity index (χ2n) is 6.03. The zero-order valence-corrected chi connectivity index (χ0v) is 15.5. The van der Waals surface area contributed by atoms with E-state index in [1.807, 2.05) is 12.1 Å². The number of hydrogen-bond donors (Lipinski definition) is 1. The Balaban J connectivity index is 1.65. The highest BCUT2D eigenvalue weighted by Gasteiger charge is 2.21. The Morgan fingerprint density at radius 2 is 1.78 bits per heavy atom. The number of anilines is 1. The molecule has 1 heterocycles. The van der Waals surface area contributed by atoms with Crippen LogP contribution in [0, 0.1) is 0 Å². The number of esters is 1. The highest BCUT2D eigenvalue weighted by molar-refractivity contribution is 5.95. The minimum Gasteiger partial charge on any atom is -0.493 e. The Morgan fingerprint density at radius 1 is 1.07 bits per heavy atom. The fraction of sp³-hybridized carbons (Fsp3) is 0.300. The minimum atomic E-state index is -0.328. The average molecular weight is 371 g/mol. The van der Waals surface area contributed by atoms with E-state index >= 15 is 0 Å². The van der Waals surface area contributed by atoms with Crippen molar-refractivity contribution in [3.63, 3.8) is 0 Å². The second-order valence-corrected chi connectivity index (χ2v) is 6.03. The van der Waals surface area contributed by atoms with Crippen molar-refractivity contribution in [2.24, 2.45) is 0 Å². The molecule has 0 spiro atoms. The van der Waals surface area contributed by atoms with Gasteiger partial charge in [0.05, 0.1) is 26.9 Å². The highest BCUT2D eigenvalue weighted by atomic mass is 16.5. The lowest BCUT2D eigenvalue weighted by Gasteiger charge is -2.14. The summed E-state index contributed by atoms with van der Waals surface area (Å²) in [6.45, 7) is 0.239. The Kier molecular flexibility index (Phi) is 5.49. The first kappa shape index (κ1) is 18.6. The lowest BCUT2D eigenvalue weighted by Crippen LogP contribution is -2.12. The number of carbonyl (C=O) groups is 2. The van der Waals surface area contributed by atoms with Crippen LogP contribution in [0.3, 0.4) is 0 Å². The fourth-order valence-corrected chi connectivity index (χ4v) is 2.97. The van der Waals surface area contributed by atoms with E-state index in [2.05, 4.69) is 5.32 Å². The molecule has 7 nitrogen and oxygen atoms in total. The molecule has 1 aliphatic heterocycles. The van der Waals surface area contributed by atoms with Crippen LogP contribution in [0.5, 0.6) is 17.2 Å². The molecule has 3 rings (SSSR count). The molecule has 0 saturated carbocycles. The molecular weight excluding hydrogens is 350 g/mol. The monoisotopic (exact) mass is 371 g/mol. The topological polar surface area (TPSA) is 83.1 Å². The molecule has 1 amide bonds. The van der Waals surface area contributed by atoms with Gasteiger partial charge < -0.3 is 24.3 Å². The number of nitrogens with one attached hydrogen (secondary N) is 1. The van der Waals surface area contributed by atoms with Crippen molar-refractivity contribution in [3.8, 4) is 17.2 Å². The van der Waals surface area contributed by atoms with Crippen molar-refractivity contribution < 1.29 is 28.5 Å². The second kappa shape index (κ2) is 7.99. The van der Waals surface area contributed by atoms with Crippen molar-refractivity contribution in [3.05, 3.63) is 47.0 Å². The summed E-state index contributed by atoms with van der Waals surface area (Å²) in [6.07, 6.45) is 0.792. The molecule has 0 aromatic heterocycles. The number of aryl methyl sites for hydroxylation is 1. The third-order valence-electron chi connectivity index (χ3n) is 4.33. The van der Waals surface area contributed by atoms with Crippen LogP contribution in [0.25, 0.3) is 0 Å². The van der Waals surface area contributed by atoms with Crippen molar-refractivity contribution in [2.75, 3.05) is 26.6 Å². The fourth-order valence-electron chi connectivity index (χ4n) is 2.97. The van der Waals surface area contributed by atoms with E-state index in [9.17, 15) is 9.59 Å². The number of fused-ring (bicyclic) bond motifs is 1. The van der Waals surface area contributed by atoms with Crippen LogP contribution in [-0.2, 0) is 22.6 Å². The molecule has 7 heteroatoms. The maximum absolute atomic E-state index is 12.3. The minimum absolute atomic E-state index is 0.131. The van der Waals surface area contributed by atoms with E-state index in [1.165, 1.54) is 0 Å². The summed E-state index contributed by atoms with van der Waals surface area (Å²) < 4.78 is 20.9. The third kappa shape index (κ3) is 3.97. The van der Waals surface area contributed by atoms with Gasteiger partial charge in [-0.3, -0.25) is 4.79 Å². The van der Waals surface area contributed by atoms with E-state index < -0.39 is 0 Å².